The average Bonchev–Trinajstić information content (AvgIpc) is 2.66. The molecule has 0 bridgehead atoms. The first-order valence-corrected chi connectivity index (χ1v) is 9.27. The van der Waals surface area contributed by atoms with Crippen LogP contribution >= 0.6 is 11.6 Å². The van der Waals surface area contributed by atoms with Gasteiger partial charge in [0.15, 0.2) is 23.1 Å². The Balaban J connectivity index is 1.65. The van der Waals surface area contributed by atoms with Crippen molar-refractivity contribution in [1.82, 2.24) is 0 Å². The number of hydrogen-bond acceptors (Lipinski definition) is 2. The van der Waals surface area contributed by atoms with E-state index in [1.165, 1.54) is 24.3 Å². The van der Waals surface area contributed by atoms with Gasteiger partial charge in [0, 0.05) is 10.4 Å². The molecule has 5 heteroatoms. The summed E-state index contributed by atoms with van der Waals surface area (Å²) < 4.78 is 39.0. The lowest BCUT2D eigenvalue weighted by Gasteiger charge is -2.25. The second-order valence-corrected chi connectivity index (χ2v) is 7.62. The molecule has 2 nitrogen and oxygen atoms in total. The third kappa shape index (κ3) is 5.09. The first-order valence-electron chi connectivity index (χ1n) is 8.90. The van der Waals surface area contributed by atoms with Gasteiger partial charge in [-0.15, -0.1) is 0 Å². The van der Waals surface area contributed by atoms with Crippen molar-refractivity contribution in [3.8, 4) is 11.5 Å². The molecule has 0 fully saturated rings. The number of ether oxygens (including phenoxy) is 2. The molecule has 0 radical (unpaired) electrons. The zero-order valence-electron chi connectivity index (χ0n) is 15.7. The van der Waals surface area contributed by atoms with Crippen LogP contribution in [0.5, 0.6) is 11.5 Å². The van der Waals surface area contributed by atoms with Crippen molar-refractivity contribution in [2.24, 2.45) is 0 Å². The highest BCUT2D eigenvalue weighted by Gasteiger charge is 2.21. The molecule has 0 atom stereocenters. The summed E-state index contributed by atoms with van der Waals surface area (Å²) in [5.41, 5.74) is 1.64. The van der Waals surface area contributed by atoms with Crippen LogP contribution in [0.4, 0.5) is 8.78 Å². The Kier molecular flexibility index (Phi) is 6.32. The van der Waals surface area contributed by atoms with Gasteiger partial charge in [-0.2, -0.15) is 0 Å². The summed E-state index contributed by atoms with van der Waals surface area (Å²) in [6.45, 7) is 4.90. The predicted octanol–water partition coefficient (Wildman–Crippen LogP) is 6.90. The Labute approximate surface area is 168 Å². The standard InChI is InChI=1S/C23H21ClF2O2/c1-23(2,17-8-10-18(24)11-9-17)15-27-14-16-7-12-20(26)22(13-16)28-21-6-4-3-5-19(21)25/h3-13H,14-15H2,1-2H3. The molecule has 0 aliphatic carbocycles. The molecule has 0 aromatic heterocycles. The van der Waals surface area contributed by atoms with Gasteiger partial charge in [0.05, 0.1) is 13.2 Å². The zero-order chi connectivity index (χ0) is 20.1. The molecule has 3 aromatic carbocycles. The molecule has 146 valence electrons. The topological polar surface area (TPSA) is 18.5 Å². The maximum Gasteiger partial charge on any atom is 0.165 e. The van der Waals surface area contributed by atoms with Gasteiger partial charge >= 0.3 is 0 Å². The smallest absolute Gasteiger partial charge is 0.165 e. The van der Waals surface area contributed by atoms with Gasteiger partial charge in [0.1, 0.15) is 0 Å². The molecule has 3 rings (SSSR count). The summed E-state index contributed by atoms with van der Waals surface area (Å²) in [5, 5.41) is 0.689. The third-order valence-electron chi connectivity index (χ3n) is 4.41. The fourth-order valence-electron chi connectivity index (χ4n) is 2.77. The first kappa shape index (κ1) is 20.3. The lowest BCUT2D eigenvalue weighted by atomic mass is 9.86. The van der Waals surface area contributed by atoms with Gasteiger partial charge in [-0.3, -0.25) is 0 Å². The average molecular weight is 403 g/mol. The highest BCUT2D eigenvalue weighted by atomic mass is 35.5. The Morgan fingerprint density at radius 1 is 0.857 bits per heavy atom. The molecular weight excluding hydrogens is 382 g/mol. The molecule has 0 unspecified atom stereocenters. The molecule has 0 heterocycles. The molecule has 0 spiro atoms. The van der Waals surface area contributed by atoms with Gasteiger partial charge < -0.3 is 9.47 Å². The van der Waals surface area contributed by atoms with E-state index in [0.29, 0.717) is 11.6 Å². The summed E-state index contributed by atoms with van der Waals surface area (Å²) in [4.78, 5) is 0. The Morgan fingerprint density at radius 3 is 2.25 bits per heavy atom. The fourth-order valence-corrected chi connectivity index (χ4v) is 2.90. The van der Waals surface area contributed by atoms with Crippen LogP contribution in [0.1, 0.15) is 25.0 Å². The van der Waals surface area contributed by atoms with Crippen LogP contribution in [-0.4, -0.2) is 6.61 Å². The molecule has 0 N–H and O–H groups in total. The van der Waals surface area contributed by atoms with Gasteiger partial charge in [-0.05, 0) is 47.5 Å². The quantitative estimate of drug-likeness (QED) is 0.427. The Hall–Kier alpha value is -2.43. The van der Waals surface area contributed by atoms with Gasteiger partial charge in [-0.1, -0.05) is 55.8 Å². The monoisotopic (exact) mass is 402 g/mol. The van der Waals surface area contributed by atoms with Crippen molar-refractivity contribution in [2.75, 3.05) is 6.61 Å². The van der Waals surface area contributed by atoms with E-state index >= 15 is 0 Å². The minimum absolute atomic E-state index is 0.0247. The van der Waals surface area contributed by atoms with Crippen LogP contribution in [0, 0.1) is 11.6 Å². The van der Waals surface area contributed by atoms with Crippen molar-refractivity contribution < 1.29 is 18.3 Å². The van der Waals surface area contributed by atoms with Crippen molar-refractivity contribution in [1.29, 1.82) is 0 Å². The van der Waals surface area contributed by atoms with Gasteiger partial charge in [-0.25, -0.2) is 8.78 Å². The first-order chi connectivity index (χ1) is 13.3. The Bertz CT molecular complexity index is 940. The predicted molar refractivity (Wildman–Crippen MR) is 107 cm³/mol. The van der Waals surface area contributed by atoms with Crippen LogP contribution in [0.3, 0.4) is 0 Å². The van der Waals surface area contributed by atoms with E-state index in [1.807, 2.05) is 24.3 Å². The summed E-state index contributed by atoms with van der Waals surface area (Å²) in [6.07, 6.45) is 0. The van der Waals surface area contributed by atoms with E-state index in [2.05, 4.69) is 13.8 Å². The maximum atomic E-state index is 14.1. The summed E-state index contributed by atoms with van der Waals surface area (Å²) in [5.74, 6) is -1.17. The zero-order valence-corrected chi connectivity index (χ0v) is 16.5. The van der Waals surface area contributed by atoms with Crippen LogP contribution in [0.25, 0.3) is 0 Å². The minimum atomic E-state index is -0.562. The molecule has 0 aliphatic rings. The number of halogens is 3. The molecule has 0 amide bonds. The third-order valence-corrected chi connectivity index (χ3v) is 4.66. The summed E-state index contributed by atoms with van der Waals surface area (Å²) >= 11 is 5.94. The minimum Gasteiger partial charge on any atom is -0.451 e. The lowest BCUT2D eigenvalue weighted by molar-refractivity contribution is 0.0823. The summed E-state index contributed by atoms with van der Waals surface area (Å²) in [7, 11) is 0. The highest BCUT2D eigenvalue weighted by molar-refractivity contribution is 6.30. The molecular formula is C23H21ClF2O2. The van der Waals surface area contributed by atoms with Crippen LogP contribution in [0.15, 0.2) is 66.7 Å². The molecule has 0 saturated carbocycles. The van der Waals surface area contributed by atoms with Gasteiger partial charge in [0.2, 0.25) is 0 Å². The molecule has 28 heavy (non-hydrogen) atoms. The van der Waals surface area contributed by atoms with Gasteiger partial charge in [0.25, 0.3) is 0 Å². The second-order valence-electron chi connectivity index (χ2n) is 7.18. The number of rotatable bonds is 7. The normalized spacial score (nSPS) is 11.5. The number of benzene rings is 3. The number of hydrogen-bond donors (Lipinski definition) is 0. The number of para-hydroxylation sites is 1. The van der Waals surface area contributed by atoms with E-state index in [9.17, 15) is 8.78 Å². The SMILES string of the molecule is CC(C)(COCc1ccc(F)c(Oc2ccccc2F)c1)c1ccc(Cl)cc1. The molecule has 0 saturated heterocycles. The van der Waals surface area contributed by atoms with Crippen molar-refractivity contribution in [3.05, 3.63) is 94.5 Å². The fraction of sp³-hybridized carbons (Fsp3) is 0.217. The van der Waals surface area contributed by atoms with E-state index in [4.69, 9.17) is 21.1 Å². The molecule has 3 aromatic rings. The van der Waals surface area contributed by atoms with E-state index in [-0.39, 0.29) is 23.5 Å². The lowest BCUT2D eigenvalue weighted by Crippen LogP contribution is -2.24. The van der Waals surface area contributed by atoms with Crippen molar-refractivity contribution in [2.45, 2.75) is 25.9 Å². The largest absolute Gasteiger partial charge is 0.451 e. The van der Waals surface area contributed by atoms with Crippen LogP contribution in [0.2, 0.25) is 5.02 Å². The maximum absolute atomic E-state index is 14.1. The van der Waals surface area contributed by atoms with E-state index in [0.717, 1.165) is 11.1 Å². The second kappa shape index (κ2) is 8.72. The van der Waals surface area contributed by atoms with Crippen LogP contribution < -0.4 is 4.74 Å². The highest BCUT2D eigenvalue weighted by Crippen LogP contribution is 2.29. The van der Waals surface area contributed by atoms with Crippen molar-refractivity contribution >= 4 is 11.6 Å². The van der Waals surface area contributed by atoms with E-state index < -0.39 is 11.6 Å². The van der Waals surface area contributed by atoms with E-state index in [1.54, 1.807) is 18.2 Å². The van der Waals surface area contributed by atoms with Crippen molar-refractivity contribution in [3.63, 3.8) is 0 Å². The molecule has 0 aliphatic heterocycles. The van der Waals surface area contributed by atoms with Crippen LogP contribution in [-0.2, 0) is 16.8 Å². The summed E-state index contributed by atoms with van der Waals surface area (Å²) in [6, 6.07) is 18.0. The Morgan fingerprint density at radius 2 is 1.54 bits per heavy atom.